The fraction of sp³-hybridized carbons (Fsp3) is 1.00. The van der Waals surface area contributed by atoms with Crippen molar-refractivity contribution in [2.75, 3.05) is 80.5 Å². The molecular weight excluding hydrogens is 286 g/mol. The second-order valence-corrected chi connectivity index (χ2v) is 5.84. The maximum absolute atomic E-state index is 3.14. The van der Waals surface area contributed by atoms with Gasteiger partial charge < -0.3 is 14.7 Å². The van der Waals surface area contributed by atoms with Gasteiger partial charge in [-0.15, -0.1) is 0 Å². The molecule has 0 saturated carbocycles. The monoisotopic (exact) mass is 331 g/mol. The highest BCUT2D eigenvalue weighted by molar-refractivity contribution is 4.72. The molecule has 23 heavy (non-hydrogen) atoms. The van der Waals surface area contributed by atoms with E-state index < -0.39 is 0 Å². The van der Waals surface area contributed by atoms with E-state index in [1.165, 1.54) is 58.7 Å². The van der Waals surface area contributed by atoms with E-state index in [0.717, 1.165) is 6.54 Å². The molecule has 0 aromatic carbocycles. The molecule has 142 valence electrons. The molecule has 0 bridgehead atoms. The molecule has 0 aromatic heterocycles. The maximum Gasteiger partial charge on any atom is 0.0139 e. The summed E-state index contributed by atoms with van der Waals surface area (Å²) in [7, 11) is 8.38. The molecule has 0 aliphatic carbocycles. The summed E-state index contributed by atoms with van der Waals surface area (Å²) < 4.78 is 0. The molecule has 5 nitrogen and oxygen atoms in total. The number of nitrogens with zero attached hydrogens (tertiary/aromatic N) is 4. The highest BCUT2D eigenvalue weighted by Crippen LogP contribution is 2.03. The van der Waals surface area contributed by atoms with Gasteiger partial charge in [0.05, 0.1) is 0 Å². The summed E-state index contributed by atoms with van der Waals surface area (Å²) in [4.78, 5) is 7.49. The lowest BCUT2D eigenvalue weighted by atomic mass is 10.2. The first-order valence-corrected chi connectivity index (χ1v) is 9.60. The van der Waals surface area contributed by atoms with Gasteiger partial charge in [-0.05, 0) is 53.6 Å². The first kappa shape index (κ1) is 25.0. The van der Waals surface area contributed by atoms with Gasteiger partial charge in [-0.3, -0.25) is 5.43 Å². The van der Waals surface area contributed by atoms with Gasteiger partial charge in [0, 0.05) is 39.8 Å². The molecule has 0 radical (unpaired) electrons. The van der Waals surface area contributed by atoms with E-state index in [1.807, 2.05) is 34.7 Å². The van der Waals surface area contributed by atoms with Crippen molar-refractivity contribution in [3.63, 3.8) is 0 Å². The minimum Gasteiger partial charge on any atom is -0.309 e. The predicted molar refractivity (Wildman–Crippen MR) is 105 cm³/mol. The molecule has 0 unspecified atom stereocenters. The maximum atomic E-state index is 3.14. The van der Waals surface area contributed by atoms with Crippen LogP contribution in [0.2, 0.25) is 0 Å². The van der Waals surface area contributed by atoms with Crippen LogP contribution in [-0.4, -0.2) is 100 Å². The molecule has 0 spiro atoms. The van der Waals surface area contributed by atoms with Crippen LogP contribution in [0.3, 0.4) is 0 Å². The largest absolute Gasteiger partial charge is 0.309 e. The van der Waals surface area contributed by atoms with Crippen LogP contribution >= 0.6 is 0 Å². The Balaban J connectivity index is 0. The van der Waals surface area contributed by atoms with Crippen molar-refractivity contribution in [1.82, 2.24) is 25.1 Å². The molecule has 1 aliphatic rings. The van der Waals surface area contributed by atoms with Crippen molar-refractivity contribution in [1.29, 1.82) is 0 Å². The van der Waals surface area contributed by atoms with Gasteiger partial charge in [0.1, 0.15) is 0 Å². The Morgan fingerprint density at radius 1 is 0.739 bits per heavy atom. The van der Waals surface area contributed by atoms with Crippen LogP contribution in [0.1, 0.15) is 40.5 Å². The molecular formula is C18H45N5. The van der Waals surface area contributed by atoms with Gasteiger partial charge in [-0.2, -0.15) is 0 Å². The van der Waals surface area contributed by atoms with Gasteiger partial charge in [0.25, 0.3) is 0 Å². The third kappa shape index (κ3) is 15.1. The zero-order valence-electron chi connectivity index (χ0n) is 17.4. The normalized spacial score (nSPS) is 15.9. The predicted octanol–water partition coefficient (Wildman–Crippen LogP) is 2.06. The highest BCUT2D eigenvalue weighted by atomic mass is 15.5. The van der Waals surface area contributed by atoms with Crippen molar-refractivity contribution in [2.45, 2.75) is 40.5 Å². The van der Waals surface area contributed by atoms with Crippen LogP contribution in [0, 0.1) is 0 Å². The fourth-order valence-electron chi connectivity index (χ4n) is 2.49. The lowest BCUT2D eigenvalue weighted by Crippen LogP contribution is -2.47. The van der Waals surface area contributed by atoms with Crippen molar-refractivity contribution in [3.05, 3.63) is 0 Å². The van der Waals surface area contributed by atoms with Crippen LogP contribution in [0.15, 0.2) is 0 Å². The lowest BCUT2D eigenvalue weighted by Gasteiger charge is -2.35. The molecule has 1 rings (SSSR count). The molecule has 1 aliphatic heterocycles. The van der Waals surface area contributed by atoms with Crippen molar-refractivity contribution in [3.8, 4) is 0 Å². The lowest BCUT2D eigenvalue weighted by molar-refractivity contribution is 0.123. The molecule has 1 N–H and O–H groups in total. The fourth-order valence-corrected chi connectivity index (χ4v) is 2.49. The van der Waals surface area contributed by atoms with Crippen LogP contribution < -0.4 is 5.43 Å². The average Bonchev–Trinajstić information content (AvgIpc) is 2.59. The second kappa shape index (κ2) is 18.1. The van der Waals surface area contributed by atoms with E-state index in [4.69, 9.17) is 0 Å². The SMILES string of the molecule is CC.CC.CNN(C)CCCN1CCN(CCCN(C)C)CC1. The molecule has 0 atom stereocenters. The highest BCUT2D eigenvalue weighted by Gasteiger charge is 2.15. The van der Waals surface area contributed by atoms with Gasteiger partial charge in [-0.25, -0.2) is 5.01 Å². The average molecular weight is 332 g/mol. The smallest absolute Gasteiger partial charge is 0.0139 e. The Bertz CT molecular complexity index is 215. The Morgan fingerprint density at radius 2 is 1.13 bits per heavy atom. The van der Waals surface area contributed by atoms with Crippen LogP contribution in [0.5, 0.6) is 0 Å². The Labute approximate surface area is 147 Å². The van der Waals surface area contributed by atoms with Crippen LogP contribution in [-0.2, 0) is 0 Å². The van der Waals surface area contributed by atoms with Crippen molar-refractivity contribution >= 4 is 0 Å². The summed E-state index contributed by atoms with van der Waals surface area (Å²) in [6, 6.07) is 0. The van der Waals surface area contributed by atoms with Crippen molar-refractivity contribution < 1.29 is 0 Å². The van der Waals surface area contributed by atoms with Gasteiger partial charge in [0.2, 0.25) is 0 Å². The van der Waals surface area contributed by atoms with E-state index in [9.17, 15) is 0 Å². The molecule has 5 heteroatoms. The second-order valence-electron chi connectivity index (χ2n) is 5.84. The van der Waals surface area contributed by atoms with E-state index in [1.54, 1.807) is 0 Å². The van der Waals surface area contributed by atoms with Gasteiger partial charge >= 0.3 is 0 Å². The molecule has 1 saturated heterocycles. The summed E-state index contributed by atoms with van der Waals surface area (Å²) in [5.41, 5.74) is 3.14. The van der Waals surface area contributed by atoms with E-state index >= 15 is 0 Å². The summed E-state index contributed by atoms with van der Waals surface area (Å²) in [6.07, 6.45) is 2.54. The topological polar surface area (TPSA) is 25.0 Å². The Kier molecular flexibility index (Phi) is 19.8. The molecule has 0 aromatic rings. The Hall–Kier alpha value is -0.200. The molecule has 1 heterocycles. The first-order chi connectivity index (χ1) is 11.1. The number of rotatable bonds is 9. The number of piperazine rings is 1. The van der Waals surface area contributed by atoms with Crippen molar-refractivity contribution in [2.24, 2.45) is 0 Å². The summed E-state index contributed by atoms with van der Waals surface area (Å²) in [5.74, 6) is 0. The minimum atomic E-state index is 1.12. The first-order valence-electron chi connectivity index (χ1n) is 9.60. The summed E-state index contributed by atoms with van der Waals surface area (Å²) in [5, 5.41) is 2.15. The third-order valence-electron chi connectivity index (χ3n) is 3.89. The zero-order chi connectivity index (χ0) is 18.1. The van der Waals surface area contributed by atoms with Crippen LogP contribution in [0.25, 0.3) is 0 Å². The summed E-state index contributed by atoms with van der Waals surface area (Å²) >= 11 is 0. The van der Waals surface area contributed by atoms with E-state index in [0.29, 0.717) is 0 Å². The molecule has 0 amide bonds. The number of hydrogen-bond donors (Lipinski definition) is 1. The van der Waals surface area contributed by atoms with E-state index in [2.05, 4.69) is 46.3 Å². The van der Waals surface area contributed by atoms with Gasteiger partial charge in [-0.1, -0.05) is 27.7 Å². The number of hydrogen-bond acceptors (Lipinski definition) is 5. The number of hydrazine groups is 1. The Morgan fingerprint density at radius 3 is 1.48 bits per heavy atom. The standard InChI is InChI=1S/C14H33N5.2C2H6/c1-15-17(4)8-6-10-19-13-11-18(12-14-19)9-5-7-16(2)3;2*1-2/h15H,5-14H2,1-4H3;2*1-2H3. The van der Waals surface area contributed by atoms with Gasteiger partial charge in [0.15, 0.2) is 0 Å². The third-order valence-corrected chi connectivity index (χ3v) is 3.89. The number of nitrogens with one attached hydrogen (secondary N) is 1. The molecule has 1 fully saturated rings. The van der Waals surface area contributed by atoms with Crippen LogP contribution in [0.4, 0.5) is 0 Å². The zero-order valence-corrected chi connectivity index (χ0v) is 17.4. The van der Waals surface area contributed by atoms with E-state index in [-0.39, 0.29) is 0 Å². The minimum absolute atomic E-state index is 1.12. The summed E-state index contributed by atoms with van der Waals surface area (Å²) in [6.45, 7) is 17.8. The quantitative estimate of drug-likeness (QED) is 0.652.